The Labute approximate surface area is 174 Å². The predicted molar refractivity (Wildman–Crippen MR) is 115 cm³/mol. The van der Waals surface area contributed by atoms with Crippen molar-refractivity contribution in [1.82, 2.24) is 0 Å². The Balaban J connectivity index is 2.11. The zero-order valence-corrected chi connectivity index (χ0v) is 18.3. The molecule has 0 spiro atoms. The zero-order chi connectivity index (χ0) is 21.6. The highest BCUT2D eigenvalue weighted by atomic mass is 16.5. The van der Waals surface area contributed by atoms with Gasteiger partial charge in [-0.15, -0.1) is 0 Å². The number of hydrogen-bond acceptors (Lipinski definition) is 4. The molecular weight excluding hydrogens is 364 g/mol. The van der Waals surface area contributed by atoms with E-state index >= 15 is 0 Å². The second-order valence-corrected chi connectivity index (χ2v) is 8.76. The average Bonchev–Trinajstić information content (AvgIpc) is 2.70. The third kappa shape index (κ3) is 6.18. The van der Waals surface area contributed by atoms with E-state index in [0.717, 1.165) is 11.1 Å². The summed E-state index contributed by atoms with van der Waals surface area (Å²) in [4.78, 5) is 24.2. The monoisotopic (exact) mass is 396 g/mol. The molecule has 0 fully saturated rings. The minimum absolute atomic E-state index is 0.277. The van der Waals surface area contributed by atoms with Crippen LogP contribution in [0.3, 0.4) is 0 Å². The molecule has 0 aliphatic heterocycles. The topological polar surface area (TPSA) is 52.6 Å². The van der Waals surface area contributed by atoms with Gasteiger partial charge in [-0.25, -0.2) is 9.59 Å². The van der Waals surface area contributed by atoms with E-state index in [9.17, 15) is 9.59 Å². The molecule has 4 nitrogen and oxygen atoms in total. The molecule has 0 saturated heterocycles. The Kier molecular flexibility index (Phi) is 7.60. The Bertz CT molecular complexity index is 745. The normalized spacial score (nSPS) is 11.6. The summed E-state index contributed by atoms with van der Waals surface area (Å²) < 4.78 is 10.6. The molecule has 0 unspecified atom stereocenters. The Morgan fingerprint density at radius 2 is 1.00 bits per heavy atom. The van der Waals surface area contributed by atoms with E-state index in [1.165, 1.54) is 0 Å². The van der Waals surface area contributed by atoms with Gasteiger partial charge in [0.1, 0.15) is 0 Å². The molecule has 4 heteroatoms. The van der Waals surface area contributed by atoms with E-state index in [4.69, 9.17) is 9.47 Å². The fourth-order valence-electron chi connectivity index (χ4n) is 2.86. The lowest BCUT2D eigenvalue weighted by atomic mass is 9.78. The molecule has 0 atom stereocenters. The molecule has 0 aromatic heterocycles. The summed E-state index contributed by atoms with van der Waals surface area (Å²) in [6.45, 7) is 13.1. The summed E-state index contributed by atoms with van der Waals surface area (Å²) in [5.74, 6) is 0.0187. The molecule has 0 aliphatic carbocycles. The number of carbonyl (C=O) groups is 2. The minimum Gasteiger partial charge on any atom is -0.462 e. The summed E-state index contributed by atoms with van der Waals surface area (Å²) in [6.07, 6.45) is 0. The average molecular weight is 397 g/mol. The Hall–Kier alpha value is -2.62. The predicted octanol–water partition coefficient (Wildman–Crippen LogP) is 5.64. The van der Waals surface area contributed by atoms with Crippen molar-refractivity contribution in [2.75, 3.05) is 13.2 Å². The van der Waals surface area contributed by atoms with Gasteiger partial charge in [0.2, 0.25) is 0 Å². The minimum atomic E-state index is -0.299. The van der Waals surface area contributed by atoms with Gasteiger partial charge in [-0.3, -0.25) is 0 Å². The number of rotatable bonds is 8. The van der Waals surface area contributed by atoms with Crippen LogP contribution in [0, 0.1) is 11.8 Å². The number of benzene rings is 2. The maximum Gasteiger partial charge on any atom is 0.338 e. The van der Waals surface area contributed by atoms with Crippen LogP contribution in [0.1, 0.15) is 73.4 Å². The molecule has 0 bridgehead atoms. The second-order valence-electron chi connectivity index (χ2n) is 8.76. The molecule has 0 heterocycles. The molecule has 0 amide bonds. The highest BCUT2D eigenvalue weighted by Crippen LogP contribution is 2.32. The molecule has 156 valence electrons. The standard InChI is InChI=1S/C25H32O4/c1-17(2)15-28-23(26)19-7-11-21(12-8-19)25(5,6)22-13-9-20(10-14-22)24(27)29-16-18(3)4/h7-14,17-18H,15-16H2,1-6H3. The van der Waals surface area contributed by atoms with E-state index in [-0.39, 0.29) is 17.4 Å². The van der Waals surface area contributed by atoms with Crippen molar-refractivity contribution in [3.05, 3.63) is 70.8 Å². The number of esters is 2. The van der Waals surface area contributed by atoms with Gasteiger partial charge in [-0.2, -0.15) is 0 Å². The van der Waals surface area contributed by atoms with Gasteiger partial charge in [-0.1, -0.05) is 65.8 Å². The van der Waals surface area contributed by atoms with E-state index < -0.39 is 0 Å². The van der Waals surface area contributed by atoms with Crippen LogP contribution in [-0.4, -0.2) is 25.2 Å². The van der Waals surface area contributed by atoms with E-state index in [0.29, 0.717) is 36.2 Å². The van der Waals surface area contributed by atoms with Gasteiger partial charge in [-0.05, 0) is 47.2 Å². The first-order valence-electron chi connectivity index (χ1n) is 10.2. The molecule has 0 saturated carbocycles. The summed E-state index contributed by atoms with van der Waals surface area (Å²) in [5.41, 5.74) is 2.98. The Morgan fingerprint density at radius 1 is 0.690 bits per heavy atom. The fraction of sp³-hybridized carbons (Fsp3) is 0.440. The number of ether oxygens (including phenoxy) is 2. The van der Waals surface area contributed by atoms with Gasteiger partial charge in [0.05, 0.1) is 24.3 Å². The van der Waals surface area contributed by atoms with Gasteiger partial charge < -0.3 is 9.47 Å². The highest BCUT2D eigenvalue weighted by molar-refractivity contribution is 5.90. The van der Waals surface area contributed by atoms with E-state index in [1.807, 2.05) is 52.0 Å². The van der Waals surface area contributed by atoms with Crippen molar-refractivity contribution >= 4 is 11.9 Å². The summed E-state index contributed by atoms with van der Waals surface area (Å²) in [5, 5.41) is 0. The van der Waals surface area contributed by atoms with E-state index in [1.54, 1.807) is 24.3 Å². The summed E-state index contributed by atoms with van der Waals surface area (Å²) in [6, 6.07) is 15.0. The quantitative estimate of drug-likeness (QED) is 0.542. The number of carbonyl (C=O) groups excluding carboxylic acids is 2. The van der Waals surface area contributed by atoms with Crippen LogP contribution in [0.2, 0.25) is 0 Å². The van der Waals surface area contributed by atoms with Crippen molar-refractivity contribution in [2.24, 2.45) is 11.8 Å². The molecule has 0 N–H and O–H groups in total. The van der Waals surface area contributed by atoms with E-state index in [2.05, 4.69) is 13.8 Å². The van der Waals surface area contributed by atoms with Crippen molar-refractivity contribution < 1.29 is 19.1 Å². The summed E-state index contributed by atoms with van der Waals surface area (Å²) in [7, 11) is 0. The maximum atomic E-state index is 12.1. The highest BCUT2D eigenvalue weighted by Gasteiger charge is 2.24. The maximum absolute atomic E-state index is 12.1. The molecule has 29 heavy (non-hydrogen) atoms. The molecule has 2 aromatic rings. The fourth-order valence-corrected chi connectivity index (χ4v) is 2.86. The van der Waals surface area contributed by atoms with Crippen molar-refractivity contribution in [3.63, 3.8) is 0 Å². The van der Waals surface area contributed by atoms with Gasteiger partial charge in [0.25, 0.3) is 0 Å². The lowest BCUT2D eigenvalue weighted by Gasteiger charge is -2.26. The van der Waals surface area contributed by atoms with Crippen LogP contribution in [0.25, 0.3) is 0 Å². The molecular formula is C25H32O4. The molecule has 2 aromatic carbocycles. The first kappa shape index (κ1) is 22.7. The van der Waals surface area contributed by atoms with Crippen LogP contribution < -0.4 is 0 Å². The zero-order valence-electron chi connectivity index (χ0n) is 18.3. The molecule has 0 aliphatic rings. The lowest BCUT2D eigenvalue weighted by Crippen LogP contribution is -2.19. The van der Waals surface area contributed by atoms with Crippen molar-refractivity contribution in [3.8, 4) is 0 Å². The molecule has 2 rings (SSSR count). The first-order chi connectivity index (χ1) is 13.6. The third-order valence-electron chi connectivity index (χ3n) is 4.78. The lowest BCUT2D eigenvalue weighted by molar-refractivity contribution is 0.0450. The summed E-state index contributed by atoms with van der Waals surface area (Å²) >= 11 is 0. The van der Waals surface area contributed by atoms with Gasteiger partial charge in [0.15, 0.2) is 0 Å². The van der Waals surface area contributed by atoms with Crippen molar-refractivity contribution in [1.29, 1.82) is 0 Å². The number of hydrogen-bond donors (Lipinski definition) is 0. The Morgan fingerprint density at radius 3 is 1.28 bits per heavy atom. The van der Waals surface area contributed by atoms with Crippen LogP contribution in [-0.2, 0) is 14.9 Å². The second kappa shape index (κ2) is 9.73. The van der Waals surface area contributed by atoms with Crippen LogP contribution in [0.4, 0.5) is 0 Å². The van der Waals surface area contributed by atoms with Crippen LogP contribution >= 0.6 is 0 Å². The largest absolute Gasteiger partial charge is 0.462 e. The van der Waals surface area contributed by atoms with Crippen molar-refractivity contribution in [2.45, 2.75) is 47.0 Å². The van der Waals surface area contributed by atoms with Gasteiger partial charge in [0, 0.05) is 5.41 Å². The third-order valence-corrected chi connectivity index (χ3v) is 4.78. The smallest absolute Gasteiger partial charge is 0.338 e. The van der Waals surface area contributed by atoms with Crippen LogP contribution in [0.15, 0.2) is 48.5 Å². The molecule has 0 radical (unpaired) electrons. The SMILES string of the molecule is CC(C)COC(=O)c1ccc(C(C)(C)c2ccc(C(=O)OCC(C)C)cc2)cc1. The van der Waals surface area contributed by atoms with Crippen LogP contribution in [0.5, 0.6) is 0 Å². The van der Waals surface area contributed by atoms with Gasteiger partial charge >= 0.3 is 11.9 Å². The first-order valence-corrected chi connectivity index (χ1v) is 10.2.